The average molecular weight is 224 g/mol. The van der Waals surface area contributed by atoms with Crippen molar-refractivity contribution in [2.24, 2.45) is 16.6 Å². The molecular formula is C14H28N2. The highest BCUT2D eigenvalue weighted by molar-refractivity contribution is 5.02. The Morgan fingerprint density at radius 1 is 1.00 bits per heavy atom. The minimum Gasteiger partial charge on any atom is -0.326 e. The van der Waals surface area contributed by atoms with Crippen molar-refractivity contribution >= 4 is 0 Å². The van der Waals surface area contributed by atoms with Gasteiger partial charge in [0.1, 0.15) is 0 Å². The molecule has 2 nitrogen and oxygen atoms in total. The van der Waals surface area contributed by atoms with Gasteiger partial charge in [0, 0.05) is 5.54 Å². The second kappa shape index (κ2) is 3.71. The molecule has 0 amide bonds. The molecule has 16 heavy (non-hydrogen) atoms. The van der Waals surface area contributed by atoms with Crippen molar-refractivity contribution in [2.45, 2.75) is 58.9 Å². The van der Waals surface area contributed by atoms with Crippen LogP contribution in [-0.2, 0) is 0 Å². The minimum atomic E-state index is -0.0349. The Morgan fingerprint density at radius 2 is 1.44 bits per heavy atom. The lowest BCUT2D eigenvalue weighted by Crippen LogP contribution is -2.56. The summed E-state index contributed by atoms with van der Waals surface area (Å²) in [6, 6.07) is 0. The Bertz CT molecular complexity index is 241. The van der Waals surface area contributed by atoms with E-state index in [9.17, 15) is 0 Å². The van der Waals surface area contributed by atoms with Crippen LogP contribution in [0.15, 0.2) is 0 Å². The molecule has 2 heteroatoms. The van der Waals surface area contributed by atoms with Crippen molar-refractivity contribution in [3.05, 3.63) is 0 Å². The molecule has 3 aliphatic rings. The largest absolute Gasteiger partial charge is 0.326 e. The number of rotatable bonds is 3. The van der Waals surface area contributed by atoms with E-state index in [0.29, 0.717) is 10.8 Å². The summed E-state index contributed by atoms with van der Waals surface area (Å²) in [5.74, 6) is 0. The van der Waals surface area contributed by atoms with E-state index in [1.807, 2.05) is 0 Å². The molecule has 0 unspecified atom stereocenters. The summed E-state index contributed by atoms with van der Waals surface area (Å²) >= 11 is 0. The predicted octanol–water partition coefficient (Wildman–Crippen LogP) is 2.63. The molecule has 94 valence electrons. The van der Waals surface area contributed by atoms with Gasteiger partial charge in [-0.15, -0.1) is 0 Å². The van der Waals surface area contributed by atoms with Gasteiger partial charge in [-0.3, -0.25) is 0 Å². The highest BCUT2D eigenvalue weighted by atomic mass is 15.1. The molecule has 2 N–H and O–H groups in total. The summed E-state index contributed by atoms with van der Waals surface area (Å²) < 4.78 is 0. The summed E-state index contributed by atoms with van der Waals surface area (Å²) in [5, 5.41) is 0. The molecule has 0 saturated carbocycles. The average Bonchev–Trinajstić information content (AvgIpc) is 2.16. The van der Waals surface area contributed by atoms with Crippen LogP contribution in [-0.4, -0.2) is 30.1 Å². The fraction of sp³-hybridized carbons (Fsp3) is 1.00. The second-order valence-electron chi connectivity index (χ2n) is 7.42. The van der Waals surface area contributed by atoms with Crippen LogP contribution in [0.3, 0.4) is 0 Å². The fourth-order valence-electron chi connectivity index (χ4n) is 4.17. The maximum atomic E-state index is 6.24. The minimum absolute atomic E-state index is 0.0349. The first-order valence-corrected chi connectivity index (χ1v) is 6.76. The molecule has 2 bridgehead atoms. The third-order valence-electron chi connectivity index (χ3n) is 5.05. The van der Waals surface area contributed by atoms with E-state index in [4.69, 9.17) is 5.73 Å². The molecule has 0 radical (unpaired) electrons. The molecule has 3 rings (SSSR count). The van der Waals surface area contributed by atoms with E-state index in [-0.39, 0.29) is 5.54 Å². The number of nitrogens with two attached hydrogens (primary N) is 1. The Kier molecular flexibility index (Phi) is 2.87. The lowest BCUT2D eigenvalue weighted by atomic mass is 9.54. The molecule has 3 aliphatic heterocycles. The summed E-state index contributed by atoms with van der Waals surface area (Å²) in [6.45, 7) is 13.2. The van der Waals surface area contributed by atoms with Crippen LogP contribution < -0.4 is 5.73 Å². The summed E-state index contributed by atoms with van der Waals surface area (Å²) in [7, 11) is 0. The van der Waals surface area contributed by atoms with Crippen LogP contribution in [0.5, 0.6) is 0 Å². The van der Waals surface area contributed by atoms with Crippen molar-refractivity contribution < 1.29 is 0 Å². The number of hydrogen-bond donors (Lipinski definition) is 1. The zero-order chi connectivity index (χ0) is 12.0. The number of nitrogens with zero attached hydrogens (tertiary/aromatic N) is 1. The van der Waals surface area contributed by atoms with E-state index in [1.165, 1.54) is 38.9 Å². The third-order valence-corrected chi connectivity index (χ3v) is 5.05. The summed E-state index contributed by atoms with van der Waals surface area (Å²) in [4.78, 5) is 2.62. The van der Waals surface area contributed by atoms with Crippen LogP contribution in [0.2, 0.25) is 0 Å². The van der Waals surface area contributed by atoms with Crippen molar-refractivity contribution in [3.63, 3.8) is 0 Å². The van der Waals surface area contributed by atoms with Gasteiger partial charge in [0.25, 0.3) is 0 Å². The third kappa shape index (κ3) is 2.14. The first kappa shape index (κ1) is 12.4. The topological polar surface area (TPSA) is 29.3 Å². The van der Waals surface area contributed by atoms with E-state index < -0.39 is 0 Å². The number of fused-ring (bicyclic) bond motifs is 3. The van der Waals surface area contributed by atoms with Crippen molar-refractivity contribution in [1.29, 1.82) is 0 Å². The SMILES string of the molecule is CC(C)(N)CC(C)(C)C12CCN(CC1)CC2. The van der Waals surface area contributed by atoms with Crippen molar-refractivity contribution in [1.82, 2.24) is 4.90 Å². The molecule has 0 aromatic heterocycles. The predicted molar refractivity (Wildman–Crippen MR) is 69.4 cm³/mol. The first-order valence-electron chi connectivity index (χ1n) is 6.76. The van der Waals surface area contributed by atoms with Gasteiger partial charge in [-0.2, -0.15) is 0 Å². The highest BCUT2D eigenvalue weighted by Crippen LogP contribution is 2.55. The van der Waals surface area contributed by atoms with E-state index >= 15 is 0 Å². The molecular weight excluding hydrogens is 196 g/mol. The standard InChI is InChI=1S/C14H28N2/c1-12(2,11-13(3,4)15)14-5-8-16(9-6-14)10-7-14/h5-11,15H2,1-4H3. The van der Waals surface area contributed by atoms with E-state index in [2.05, 4.69) is 32.6 Å². The molecule has 0 aromatic carbocycles. The lowest BCUT2D eigenvalue weighted by molar-refractivity contribution is -0.0716. The smallest absolute Gasteiger partial charge is 0.0102 e. The monoisotopic (exact) mass is 224 g/mol. The fourth-order valence-corrected chi connectivity index (χ4v) is 4.17. The van der Waals surface area contributed by atoms with Gasteiger partial charge in [-0.05, 0) is 70.0 Å². The normalized spacial score (nSPS) is 35.4. The first-order chi connectivity index (χ1) is 7.24. The Balaban J connectivity index is 2.15. The highest BCUT2D eigenvalue weighted by Gasteiger charge is 2.50. The Labute approximate surface area is 101 Å². The molecule has 0 atom stereocenters. The maximum absolute atomic E-state index is 6.24. The van der Waals surface area contributed by atoms with Crippen LogP contribution in [0.25, 0.3) is 0 Å². The summed E-state index contributed by atoms with van der Waals surface area (Å²) in [5.41, 5.74) is 7.16. The molecule has 3 saturated heterocycles. The van der Waals surface area contributed by atoms with E-state index in [0.717, 1.165) is 6.42 Å². The maximum Gasteiger partial charge on any atom is 0.0102 e. The van der Waals surface area contributed by atoms with Gasteiger partial charge in [0.2, 0.25) is 0 Å². The van der Waals surface area contributed by atoms with E-state index in [1.54, 1.807) is 0 Å². The molecule has 0 spiro atoms. The number of hydrogen-bond acceptors (Lipinski definition) is 2. The summed E-state index contributed by atoms with van der Waals surface area (Å²) in [6.07, 6.45) is 5.29. The zero-order valence-corrected chi connectivity index (χ0v) is 11.5. The van der Waals surface area contributed by atoms with Crippen molar-refractivity contribution in [2.75, 3.05) is 19.6 Å². The molecule has 3 heterocycles. The second-order valence-corrected chi connectivity index (χ2v) is 7.42. The van der Waals surface area contributed by atoms with Gasteiger partial charge in [-0.25, -0.2) is 0 Å². The quantitative estimate of drug-likeness (QED) is 0.798. The van der Waals surface area contributed by atoms with Crippen LogP contribution in [0.1, 0.15) is 53.4 Å². The zero-order valence-electron chi connectivity index (χ0n) is 11.5. The van der Waals surface area contributed by atoms with Gasteiger partial charge < -0.3 is 10.6 Å². The lowest BCUT2D eigenvalue weighted by Gasteiger charge is -2.57. The Morgan fingerprint density at radius 3 is 1.81 bits per heavy atom. The Hall–Kier alpha value is -0.0800. The number of piperidine rings is 3. The van der Waals surface area contributed by atoms with Crippen LogP contribution in [0, 0.1) is 10.8 Å². The molecule has 3 fully saturated rings. The van der Waals surface area contributed by atoms with Gasteiger partial charge in [0.05, 0.1) is 0 Å². The molecule has 0 aliphatic carbocycles. The molecule has 0 aromatic rings. The van der Waals surface area contributed by atoms with Crippen molar-refractivity contribution in [3.8, 4) is 0 Å². The van der Waals surface area contributed by atoms with Crippen LogP contribution in [0.4, 0.5) is 0 Å². The van der Waals surface area contributed by atoms with Gasteiger partial charge in [0.15, 0.2) is 0 Å². The van der Waals surface area contributed by atoms with Gasteiger partial charge in [-0.1, -0.05) is 13.8 Å². The van der Waals surface area contributed by atoms with Crippen LogP contribution >= 0.6 is 0 Å². The van der Waals surface area contributed by atoms with Gasteiger partial charge >= 0.3 is 0 Å².